The van der Waals surface area contributed by atoms with Gasteiger partial charge in [-0.1, -0.05) is 18.2 Å². The van der Waals surface area contributed by atoms with Gasteiger partial charge < -0.3 is 14.8 Å². The van der Waals surface area contributed by atoms with Crippen LogP contribution in [-0.4, -0.2) is 22.5 Å². The normalized spacial score (nSPS) is 12.5. The number of carbonyl (C=O) groups excluding carboxylic acids is 1. The van der Waals surface area contributed by atoms with Gasteiger partial charge in [-0.25, -0.2) is 4.68 Å². The van der Waals surface area contributed by atoms with Crippen molar-refractivity contribution in [2.75, 3.05) is 12.1 Å². The summed E-state index contributed by atoms with van der Waals surface area (Å²) in [6, 6.07) is 15.5. The third kappa shape index (κ3) is 2.71. The first-order valence-corrected chi connectivity index (χ1v) is 9.68. The molecule has 0 spiro atoms. The summed E-state index contributed by atoms with van der Waals surface area (Å²) in [7, 11) is 0. The van der Waals surface area contributed by atoms with Gasteiger partial charge in [0.15, 0.2) is 11.5 Å². The molecule has 2 aromatic carbocycles. The van der Waals surface area contributed by atoms with E-state index in [9.17, 15) is 4.79 Å². The predicted octanol–water partition coefficient (Wildman–Crippen LogP) is 4.68. The first-order chi connectivity index (χ1) is 13.6. The quantitative estimate of drug-likeness (QED) is 0.550. The lowest BCUT2D eigenvalue weighted by molar-refractivity contribution is 0.103. The Kier molecular flexibility index (Phi) is 3.84. The van der Waals surface area contributed by atoms with Crippen LogP contribution in [0.3, 0.4) is 0 Å². The number of nitrogens with one attached hydrogen (secondary N) is 1. The average Bonchev–Trinajstić information content (AvgIpc) is 3.39. The summed E-state index contributed by atoms with van der Waals surface area (Å²) in [5.41, 5.74) is 3.51. The van der Waals surface area contributed by atoms with Crippen LogP contribution in [-0.2, 0) is 0 Å². The first kappa shape index (κ1) is 16.8. The smallest absolute Gasteiger partial charge is 0.265 e. The lowest BCUT2D eigenvalue weighted by Crippen LogP contribution is -2.11. The summed E-state index contributed by atoms with van der Waals surface area (Å²) in [5, 5.41) is 8.60. The highest BCUT2D eigenvalue weighted by atomic mass is 32.1. The summed E-state index contributed by atoms with van der Waals surface area (Å²) in [5.74, 6) is 1.20. The highest BCUT2D eigenvalue weighted by molar-refractivity contribution is 7.20. The molecular formula is C21H17N3O3S. The fourth-order valence-corrected chi connectivity index (χ4v) is 4.34. The minimum Gasteiger partial charge on any atom is -0.454 e. The molecule has 0 unspecified atom stereocenters. The molecule has 0 saturated heterocycles. The van der Waals surface area contributed by atoms with Gasteiger partial charge in [-0.2, -0.15) is 5.10 Å². The number of para-hydroxylation sites is 1. The molecule has 7 heteroatoms. The maximum Gasteiger partial charge on any atom is 0.265 e. The molecule has 0 aliphatic carbocycles. The summed E-state index contributed by atoms with van der Waals surface area (Å²) in [6.45, 7) is 4.09. The number of amides is 1. The van der Waals surface area contributed by atoms with Crippen LogP contribution >= 0.6 is 11.3 Å². The van der Waals surface area contributed by atoms with Crippen molar-refractivity contribution in [1.82, 2.24) is 9.78 Å². The number of benzene rings is 2. The molecule has 5 rings (SSSR count). The van der Waals surface area contributed by atoms with Gasteiger partial charge in [0.2, 0.25) is 6.79 Å². The fraction of sp³-hybridized carbons (Fsp3) is 0.143. The number of nitrogens with zero attached hydrogens (tertiary/aromatic N) is 2. The zero-order chi connectivity index (χ0) is 19.3. The van der Waals surface area contributed by atoms with E-state index in [4.69, 9.17) is 9.47 Å². The number of carbonyl (C=O) groups is 1. The van der Waals surface area contributed by atoms with Crippen molar-refractivity contribution in [2.24, 2.45) is 0 Å². The Morgan fingerprint density at radius 1 is 1.11 bits per heavy atom. The molecule has 6 nitrogen and oxygen atoms in total. The number of ether oxygens (including phenoxy) is 2. The molecule has 1 N–H and O–H groups in total. The average molecular weight is 391 g/mol. The first-order valence-electron chi connectivity index (χ1n) is 8.86. The largest absolute Gasteiger partial charge is 0.454 e. The number of rotatable bonds is 3. The van der Waals surface area contributed by atoms with Crippen LogP contribution in [0.1, 0.15) is 20.9 Å². The minimum absolute atomic E-state index is 0.151. The van der Waals surface area contributed by atoms with E-state index < -0.39 is 0 Å². The van der Waals surface area contributed by atoms with E-state index in [1.54, 1.807) is 6.07 Å². The summed E-state index contributed by atoms with van der Waals surface area (Å²) < 4.78 is 12.7. The maximum atomic E-state index is 12.9. The molecule has 1 aliphatic rings. The number of aromatic nitrogens is 2. The number of thiophene rings is 1. The summed E-state index contributed by atoms with van der Waals surface area (Å²) in [4.78, 5) is 14.5. The van der Waals surface area contributed by atoms with Gasteiger partial charge >= 0.3 is 0 Å². The van der Waals surface area contributed by atoms with Crippen molar-refractivity contribution in [3.8, 4) is 17.2 Å². The van der Waals surface area contributed by atoms with E-state index in [-0.39, 0.29) is 12.7 Å². The van der Waals surface area contributed by atoms with Crippen molar-refractivity contribution < 1.29 is 14.3 Å². The molecular weight excluding hydrogens is 374 g/mol. The SMILES string of the molecule is Cc1cc2c(cc1NC(=O)c1cc3c(C)nn(-c4ccccc4)c3s1)OCO2. The second kappa shape index (κ2) is 6.38. The van der Waals surface area contributed by atoms with Gasteiger partial charge in [0.1, 0.15) is 4.83 Å². The number of anilines is 1. The summed E-state index contributed by atoms with van der Waals surface area (Å²) >= 11 is 1.43. The van der Waals surface area contributed by atoms with E-state index in [0.717, 1.165) is 27.2 Å². The van der Waals surface area contributed by atoms with E-state index in [2.05, 4.69) is 10.4 Å². The Labute approximate surface area is 165 Å². The zero-order valence-corrected chi connectivity index (χ0v) is 16.2. The Bertz CT molecular complexity index is 1210. The van der Waals surface area contributed by atoms with Crippen LogP contribution in [0.5, 0.6) is 11.5 Å². The monoisotopic (exact) mass is 391 g/mol. The highest BCUT2D eigenvalue weighted by Crippen LogP contribution is 2.37. The number of hydrogen-bond acceptors (Lipinski definition) is 5. The standard InChI is InChI=1S/C21H17N3O3S/c1-12-8-17-18(27-11-26-17)10-16(12)22-20(25)19-9-15-13(2)23-24(21(15)28-19)14-6-4-3-5-7-14/h3-10H,11H2,1-2H3,(H,22,25). The Morgan fingerprint density at radius 2 is 1.86 bits per heavy atom. The molecule has 0 saturated carbocycles. The molecule has 1 aliphatic heterocycles. The zero-order valence-electron chi connectivity index (χ0n) is 15.4. The van der Waals surface area contributed by atoms with Crippen molar-refractivity contribution in [2.45, 2.75) is 13.8 Å². The number of aryl methyl sites for hydroxylation is 2. The molecule has 3 heterocycles. The third-order valence-corrected chi connectivity index (χ3v) is 5.85. The lowest BCUT2D eigenvalue weighted by atomic mass is 10.1. The van der Waals surface area contributed by atoms with Gasteiger partial charge in [-0.15, -0.1) is 11.3 Å². The van der Waals surface area contributed by atoms with Crippen LogP contribution in [0.25, 0.3) is 15.9 Å². The fourth-order valence-electron chi connectivity index (χ4n) is 3.27. The van der Waals surface area contributed by atoms with Gasteiger partial charge in [-0.05, 0) is 43.7 Å². The van der Waals surface area contributed by atoms with Crippen molar-refractivity contribution >= 4 is 33.1 Å². The van der Waals surface area contributed by atoms with Crippen LogP contribution < -0.4 is 14.8 Å². The predicted molar refractivity (Wildman–Crippen MR) is 109 cm³/mol. The van der Waals surface area contributed by atoms with Crippen molar-refractivity contribution in [1.29, 1.82) is 0 Å². The summed E-state index contributed by atoms with van der Waals surface area (Å²) in [6.07, 6.45) is 0. The molecule has 0 fully saturated rings. The van der Waals surface area contributed by atoms with Crippen LogP contribution in [0, 0.1) is 13.8 Å². The van der Waals surface area contributed by atoms with E-state index in [1.165, 1.54) is 11.3 Å². The van der Waals surface area contributed by atoms with E-state index in [0.29, 0.717) is 22.1 Å². The Balaban J connectivity index is 1.49. The van der Waals surface area contributed by atoms with Crippen LogP contribution in [0.15, 0.2) is 48.5 Å². The lowest BCUT2D eigenvalue weighted by Gasteiger charge is -2.08. The van der Waals surface area contributed by atoms with Gasteiger partial charge in [-0.3, -0.25) is 4.79 Å². The molecule has 0 atom stereocenters. The molecule has 0 radical (unpaired) electrons. The molecule has 4 aromatic rings. The highest BCUT2D eigenvalue weighted by Gasteiger charge is 2.20. The van der Waals surface area contributed by atoms with Crippen LogP contribution in [0.4, 0.5) is 5.69 Å². The molecule has 140 valence electrons. The molecule has 28 heavy (non-hydrogen) atoms. The van der Waals surface area contributed by atoms with Gasteiger partial charge in [0, 0.05) is 17.1 Å². The van der Waals surface area contributed by atoms with Crippen molar-refractivity contribution in [3.63, 3.8) is 0 Å². The molecule has 1 amide bonds. The van der Waals surface area contributed by atoms with Gasteiger partial charge in [0.05, 0.1) is 16.3 Å². The van der Waals surface area contributed by atoms with Crippen LogP contribution in [0.2, 0.25) is 0 Å². The van der Waals surface area contributed by atoms with Crippen molar-refractivity contribution in [3.05, 3.63) is 64.7 Å². The number of fused-ring (bicyclic) bond motifs is 2. The molecule has 2 aromatic heterocycles. The molecule has 0 bridgehead atoms. The Morgan fingerprint density at radius 3 is 2.64 bits per heavy atom. The second-order valence-corrected chi connectivity index (χ2v) is 7.67. The van der Waals surface area contributed by atoms with Gasteiger partial charge in [0.25, 0.3) is 5.91 Å². The number of hydrogen-bond donors (Lipinski definition) is 1. The Hall–Kier alpha value is -3.32. The van der Waals surface area contributed by atoms with E-state index in [1.807, 2.05) is 61.0 Å². The van der Waals surface area contributed by atoms with E-state index >= 15 is 0 Å². The third-order valence-electron chi connectivity index (χ3n) is 4.74. The topological polar surface area (TPSA) is 65.4 Å². The minimum atomic E-state index is -0.151. The second-order valence-electron chi connectivity index (χ2n) is 6.64. The maximum absolute atomic E-state index is 12.9.